The molecule has 1 aromatic rings. The van der Waals surface area contributed by atoms with Crippen molar-refractivity contribution in [1.29, 1.82) is 0 Å². The summed E-state index contributed by atoms with van der Waals surface area (Å²) in [7, 11) is 1.83. The normalized spacial score (nSPS) is 14.7. The molecule has 6 heteroatoms. The summed E-state index contributed by atoms with van der Waals surface area (Å²) >= 11 is 0. The first-order valence-corrected chi connectivity index (χ1v) is 6.87. The fourth-order valence-electron chi connectivity index (χ4n) is 2.07. The second-order valence-electron chi connectivity index (χ2n) is 6.43. The summed E-state index contributed by atoms with van der Waals surface area (Å²) in [6.07, 6.45) is 4.31. The Morgan fingerprint density at radius 1 is 1.45 bits per heavy atom. The molecule has 114 valence electrons. The molecule has 1 rings (SSSR count). The number of aliphatic hydroxyl groups excluding tert-OH is 1. The van der Waals surface area contributed by atoms with Crippen LogP contribution in [-0.2, 0) is 7.05 Å². The van der Waals surface area contributed by atoms with Gasteiger partial charge >= 0.3 is 6.03 Å². The molecule has 2 amide bonds. The van der Waals surface area contributed by atoms with Gasteiger partial charge in [0, 0.05) is 18.8 Å². The number of nitrogens with one attached hydrogen (secondary N) is 2. The molecule has 6 nitrogen and oxygen atoms in total. The summed E-state index contributed by atoms with van der Waals surface area (Å²) in [6.45, 7) is 8.06. The van der Waals surface area contributed by atoms with Crippen molar-refractivity contribution < 1.29 is 9.90 Å². The molecule has 1 aromatic heterocycles. The monoisotopic (exact) mass is 282 g/mol. The molecule has 0 aliphatic heterocycles. The SMILES string of the molecule is CC(NC(=O)NC(CO)CC(C)(C)C)c1cnn(C)c1. The summed E-state index contributed by atoms with van der Waals surface area (Å²) in [5.74, 6) is 0. The van der Waals surface area contributed by atoms with E-state index in [1.54, 1.807) is 10.9 Å². The van der Waals surface area contributed by atoms with E-state index in [9.17, 15) is 9.90 Å². The Hall–Kier alpha value is -1.56. The molecule has 2 unspecified atom stereocenters. The lowest BCUT2D eigenvalue weighted by atomic mass is 9.88. The van der Waals surface area contributed by atoms with E-state index < -0.39 is 0 Å². The number of hydrogen-bond acceptors (Lipinski definition) is 3. The summed E-state index contributed by atoms with van der Waals surface area (Å²) in [4.78, 5) is 11.9. The first-order valence-electron chi connectivity index (χ1n) is 6.87. The number of nitrogens with zero attached hydrogens (tertiary/aromatic N) is 2. The second-order valence-corrected chi connectivity index (χ2v) is 6.43. The number of rotatable bonds is 5. The zero-order valence-corrected chi connectivity index (χ0v) is 13.0. The summed E-state index contributed by atoms with van der Waals surface area (Å²) < 4.78 is 1.70. The van der Waals surface area contributed by atoms with Gasteiger partial charge in [-0.3, -0.25) is 4.68 Å². The third kappa shape index (κ3) is 5.61. The molecule has 1 heterocycles. The van der Waals surface area contributed by atoms with E-state index in [2.05, 4.69) is 36.5 Å². The van der Waals surface area contributed by atoms with Crippen LogP contribution in [0.1, 0.15) is 45.7 Å². The predicted molar refractivity (Wildman–Crippen MR) is 78.2 cm³/mol. The van der Waals surface area contributed by atoms with E-state index in [0.29, 0.717) is 0 Å². The quantitative estimate of drug-likeness (QED) is 0.767. The lowest BCUT2D eigenvalue weighted by Crippen LogP contribution is -2.45. The molecule has 0 radical (unpaired) electrons. The molecule has 0 aromatic carbocycles. The smallest absolute Gasteiger partial charge is 0.315 e. The first-order chi connectivity index (χ1) is 9.21. The maximum atomic E-state index is 11.9. The summed E-state index contributed by atoms with van der Waals surface area (Å²) in [5, 5.41) is 19.1. The van der Waals surface area contributed by atoms with Gasteiger partial charge in [0.2, 0.25) is 0 Å². The largest absolute Gasteiger partial charge is 0.394 e. The summed E-state index contributed by atoms with van der Waals surface area (Å²) in [6, 6.07) is -0.640. The molecule has 3 N–H and O–H groups in total. The highest BCUT2D eigenvalue weighted by Gasteiger charge is 2.20. The van der Waals surface area contributed by atoms with Crippen LogP contribution in [0.2, 0.25) is 0 Å². The van der Waals surface area contributed by atoms with Crippen molar-refractivity contribution in [3.63, 3.8) is 0 Å². The van der Waals surface area contributed by atoms with Crippen molar-refractivity contribution >= 4 is 6.03 Å². The third-order valence-electron chi connectivity index (χ3n) is 2.99. The van der Waals surface area contributed by atoms with Crippen LogP contribution in [0.4, 0.5) is 4.79 Å². The van der Waals surface area contributed by atoms with Gasteiger partial charge in [0.15, 0.2) is 0 Å². The highest BCUT2D eigenvalue weighted by atomic mass is 16.3. The van der Waals surface area contributed by atoms with E-state index in [4.69, 9.17) is 0 Å². The standard InChI is InChI=1S/C14H26N4O2/c1-10(11-7-15-18(5)8-11)16-13(20)17-12(9-19)6-14(2,3)4/h7-8,10,12,19H,6,9H2,1-5H3,(H2,16,17,20). The van der Waals surface area contributed by atoms with E-state index in [0.717, 1.165) is 12.0 Å². The average Bonchev–Trinajstić information content (AvgIpc) is 2.73. The number of aromatic nitrogens is 2. The number of aliphatic hydroxyl groups is 1. The number of carbonyl (C=O) groups is 1. The van der Waals surface area contributed by atoms with Gasteiger partial charge in [-0.25, -0.2) is 4.79 Å². The van der Waals surface area contributed by atoms with Crippen LogP contribution in [0.3, 0.4) is 0 Å². The molecule has 0 aliphatic carbocycles. The van der Waals surface area contributed by atoms with Crippen molar-refractivity contribution in [2.45, 2.75) is 46.2 Å². The number of urea groups is 1. The van der Waals surface area contributed by atoms with Crippen LogP contribution in [-0.4, -0.2) is 33.6 Å². The van der Waals surface area contributed by atoms with Crippen LogP contribution in [0.25, 0.3) is 0 Å². The highest BCUT2D eigenvalue weighted by Crippen LogP contribution is 2.20. The van der Waals surface area contributed by atoms with E-state index in [1.807, 2.05) is 20.2 Å². The van der Waals surface area contributed by atoms with Crippen molar-refractivity contribution in [3.05, 3.63) is 18.0 Å². The molecule has 0 bridgehead atoms. The van der Waals surface area contributed by atoms with Gasteiger partial charge in [-0.1, -0.05) is 20.8 Å². The molecule has 20 heavy (non-hydrogen) atoms. The molecule has 0 aliphatic rings. The lowest BCUT2D eigenvalue weighted by molar-refractivity contribution is 0.189. The van der Waals surface area contributed by atoms with Crippen LogP contribution in [0, 0.1) is 5.41 Å². The maximum absolute atomic E-state index is 11.9. The van der Waals surface area contributed by atoms with E-state index in [1.165, 1.54) is 0 Å². The predicted octanol–water partition coefficient (Wildman–Crippen LogP) is 1.58. The van der Waals surface area contributed by atoms with Gasteiger partial charge < -0.3 is 15.7 Å². The number of amides is 2. The maximum Gasteiger partial charge on any atom is 0.315 e. The molecule has 0 spiro atoms. The molecule has 0 fully saturated rings. The lowest BCUT2D eigenvalue weighted by Gasteiger charge is -2.26. The Bertz CT molecular complexity index is 437. The van der Waals surface area contributed by atoms with E-state index >= 15 is 0 Å². The number of aryl methyl sites for hydroxylation is 1. The van der Waals surface area contributed by atoms with Crippen LogP contribution in [0.15, 0.2) is 12.4 Å². The van der Waals surface area contributed by atoms with Gasteiger partial charge in [0.25, 0.3) is 0 Å². The van der Waals surface area contributed by atoms with Gasteiger partial charge in [0.1, 0.15) is 0 Å². The molecule has 2 atom stereocenters. The van der Waals surface area contributed by atoms with Crippen LogP contribution >= 0.6 is 0 Å². The summed E-state index contributed by atoms with van der Waals surface area (Å²) in [5.41, 5.74) is 0.995. The average molecular weight is 282 g/mol. The Morgan fingerprint density at radius 3 is 2.55 bits per heavy atom. The number of carbonyl (C=O) groups excluding carboxylic acids is 1. The molecule has 0 saturated heterocycles. The zero-order chi connectivity index (χ0) is 15.3. The fraction of sp³-hybridized carbons (Fsp3) is 0.714. The van der Waals surface area contributed by atoms with E-state index in [-0.39, 0.29) is 30.1 Å². The molecule has 0 saturated carbocycles. The van der Waals surface area contributed by atoms with Gasteiger partial charge in [-0.05, 0) is 18.8 Å². The van der Waals surface area contributed by atoms with Gasteiger partial charge in [0.05, 0.1) is 24.9 Å². The van der Waals surface area contributed by atoms with Crippen molar-refractivity contribution in [2.75, 3.05) is 6.61 Å². The van der Waals surface area contributed by atoms with Crippen molar-refractivity contribution in [2.24, 2.45) is 12.5 Å². The minimum absolute atomic E-state index is 0.0512. The number of hydrogen-bond donors (Lipinski definition) is 3. The molecular weight excluding hydrogens is 256 g/mol. The van der Waals surface area contributed by atoms with Gasteiger partial charge in [-0.15, -0.1) is 0 Å². The fourth-order valence-corrected chi connectivity index (χ4v) is 2.07. The Kier molecular flexibility index (Phi) is 5.56. The van der Waals surface area contributed by atoms with Crippen molar-refractivity contribution in [1.82, 2.24) is 20.4 Å². The topological polar surface area (TPSA) is 79.2 Å². The Labute approximate surface area is 120 Å². The van der Waals surface area contributed by atoms with Gasteiger partial charge in [-0.2, -0.15) is 5.10 Å². The van der Waals surface area contributed by atoms with Crippen LogP contribution in [0.5, 0.6) is 0 Å². The van der Waals surface area contributed by atoms with Crippen LogP contribution < -0.4 is 10.6 Å². The second kappa shape index (κ2) is 6.74. The highest BCUT2D eigenvalue weighted by molar-refractivity contribution is 5.74. The first kappa shape index (κ1) is 16.5. The molecular formula is C14H26N4O2. The minimum Gasteiger partial charge on any atom is -0.394 e. The Balaban J connectivity index is 2.49. The minimum atomic E-state index is -0.273. The Morgan fingerprint density at radius 2 is 2.10 bits per heavy atom. The van der Waals surface area contributed by atoms with Crippen molar-refractivity contribution in [3.8, 4) is 0 Å². The zero-order valence-electron chi connectivity index (χ0n) is 13.0. The third-order valence-corrected chi connectivity index (χ3v) is 2.99.